The Morgan fingerprint density at radius 3 is 2.72 bits per heavy atom. The van der Waals surface area contributed by atoms with Gasteiger partial charge in [0, 0.05) is 12.6 Å². The molecule has 1 N–H and O–H groups in total. The van der Waals surface area contributed by atoms with Gasteiger partial charge in [-0.15, -0.1) is 0 Å². The van der Waals surface area contributed by atoms with Crippen LogP contribution in [0.2, 0.25) is 0 Å². The molecular formula is C17H23N. The van der Waals surface area contributed by atoms with Crippen LogP contribution < -0.4 is 5.32 Å². The fourth-order valence-electron chi connectivity index (χ4n) is 3.41. The Bertz CT molecular complexity index is 455. The van der Waals surface area contributed by atoms with Gasteiger partial charge in [-0.3, -0.25) is 0 Å². The molecule has 0 radical (unpaired) electrons. The van der Waals surface area contributed by atoms with E-state index in [1.165, 1.54) is 57.9 Å². The van der Waals surface area contributed by atoms with E-state index in [1.807, 2.05) is 0 Å². The molecule has 1 heteroatoms. The Morgan fingerprint density at radius 2 is 1.94 bits per heavy atom. The number of aryl methyl sites for hydroxylation is 2. The highest BCUT2D eigenvalue weighted by atomic mass is 15.0. The van der Waals surface area contributed by atoms with E-state index in [4.69, 9.17) is 0 Å². The smallest absolute Gasteiger partial charge is 0.00684 e. The average Bonchev–Trinajstić information content (AvgIpc) is 3.27. The molecular weight excluding hydrogens is 218 g/mol. The zero-order valence-electron chi connectivity index (χ0n) is 11.2. The van der Waals surface area contributed by atoms with Gasteiger partial charge in [-0.25, -0.2) is 0 Å². The standard InChI is InChI=1S/C17H23N/c1-2-14-5-4-13(10-15(14)3-1)11-17(8-9-17)12-18-16-6-7-16/h4-5,10,16,18H,1-3,6-9,11-12H2. The van der Waals surface area contributed by atoms with Gasteiger partial charge in [-0.2, -0.15) is 0 Å². The van der Waals surface area contributed by atoms with Gasteiger partial charge in [-0.05, 0) is 73.5 Å². The van der Waals surface area contributed by atoms with Crippen molar-refractivity contribution in [3.05, 3.63) is 34.9 Å². The van der Waals surface area contributed by atoms with Gasteiger partial charge in [0.1, 0.15) is 0 Å². The first kappa shape index (κ1) is 11.0. The number of hydrogen-bond acceptors (Lipinski definition) is 1. The minimum Gasteiger partial charge on any atom is -0.313 e. The third kappa shape index (κ3) is 2.21. The molecule has 18 heavy (non-hydrogen) atoms. The Labute approximate surface area is 110 Å². The predicted molar refractivity (Wildman–Crippen MR) is 74.9 cm³/mol. The van der Waals surface area contributed by atoms with E-state index in [-0.39, 0.29) is 0 Å². The molecule has 2 saturated carbocycles. The highest BCUT2D eigenvalue weighted by Gasteiger charge is 2.43. The fraction of sp³-hybridized carbons (Fsp3) is 0.647. The molecule has 1 aromatic carbocycles. The van der Waals surface area contributed by atoms with E-state index >= 15 is 0 Å². The molecule has 1 nitrogen and oxygen atoms in total. The first-order valence-electron chi connectivity index (χ1n) is 7.67. The minimum atomic E-state index is 0.620. The summed E-state index contributed by atoms with van der Waals surface area (Å²) in [6.45, 7) is 1.26. The number of hydrogen-bond donors (Lipinski definition) is 1. The van der Waals surface area contributed by atoms with E-state index in [0.717, 1.165) is 6.04 Å². The number of nitrogens with one attached hydrogen (secondary N) is 1. The second-order valence-electron chi connectivity index (χ2n) is 6.79. The van der Waals surface area contributed by atoms with Crippen molar-refractivity contribution in [2.24, 2.45) is 5.41 Å². The van der Waals surface area contributed by atoms with E-state index in [9.17, 15) is 0 Å². The Hall–Kier alpha value is -0.820. The second-order valence-corrected chi connectivity index (χ2v) is 6.79. The van der Waals surface area contributed by atoms with Crippen LogP contribution in [0, 0.1) is 5.41 Å². The predicted octanol–water partition coefficient (Wildman–Crippen LogP) is 3.25. The van der Waals surface area contributed by atoms with Crippen LogP contribution in [0.25, 0.3) is 0 Å². The van der Waals surface area contributed by atoms with Gasteiger partial charge in [0.05, 0.1) is 0 Å². The minimum absolute atomic E-state index is 0.620. The van der Waals surface area contributed by atoms with E-state index in [1.54, 1.807) is 16.7 Å². The van der Waals surface area contributed by atoms with Gasteiger partial charge in [-0.1, -0.05) is 18.2 Å². The van der Waals surface area contributed by atoms with Crippen molar-refractivity contribution in [3.63, 3.8) is 0 Å². The largest absolute Gasteiger partial charge is 0.313 e. The highest BCUT2D eigenvalue weighted by Crippen LogP contribution is 2.48. The molecule has 0 aromatic heterocycles. The van der Waals surface area contributed by atoms with Crippen LogP contribution in [0.15, 0.2) is 18.2 Å². The molecule has 0 atom stereocenters. The molecule has 96 valence electrons. The van der Waals surface area contributed by atoms with Crippen LogP contribution in [0.4, 0.5) is 0 Å². The van der Waals surface area contributed by atoms with Crippen molar-refractivity contribution in [3.8, 4) is 0 Å². The van der Waals surface area contributed by atoms with Gasteiger partial charge in [0.15, 0.2) is 0 Å². The zero-order valence-corrected chi connectivity index (χ0v) is 11.2. The van der Waals surface area contributed by atoms with Crippen molar-refractivity contribution in [2.45, 2.75) is 57.4 Å². The van der Waals surface area contributed by atoms with Crippen LogP contribution in [0.1, 0.15) is 48.8 Å². The van der Waals surface area contributed by atoms with Gasteiger partial charge >= 0.3 is 0 Å². The van der Waals surface area contributed by atoms with E-state index < -0.39 is 0 Å². The summed E-state index contributed by atoms with van der Waals surface area (Å²) < 4.78 is 0. The molecule has 4 rings (SSSR count). The lowest BCUT2D eigenvalue weighted by molar-refractivity contribution is 0.453. The summed E-state index contributed by atoms with van der Waals surface area (Å²) in [4.78, 5) is 0. The van der Waals surface area contributed by atoms with Crippen molar-refractivity contribution < 1.29 is 0 Å². The van der Waals surface area contributed by atoms with E-state index in [0.29, 0.717) is 5.41 Å². The molecule has 0 amide bonds. The van der Waals surface area contributed by atoms with Gasteiger partial charge in [0.25, 0.3) is 0 Å². The second kappa shape index (κ2) is 4.09. The van der Waals surface area contributed by atoms with Crippen molar-refractivity contribution >= 4 is 0 Å². The average molecular weight is 241 g/mol. The molecule has 0 bridgehead atoms. The molecule has 3 aliphatic carbocycles. The van der Waals surface area contributed by atoms with E-state index in [2.05, 4.69) is 23.5 Å². The highest BCUT2D eigenvalue weighted by molar-refractivity contribution is 5.36. The molecule has 0 unspecified atom stereocenters. The summed E-state index contributed by atoms with van der Waals surface area (Å²) in [7, 11) is 0. The number of fused-ring (bicyclic) bond motifs is 1. The van der Waals surface area contributed by atoms with Crippen LogP contribution in [0.5, 0.6) is 0 Å². The normalized spacial score (nSPS) is 24.0. The van der Waals surface area contributed by atoms with Gasteiger partial charge in [0.2, 0.25) is 0 Å². The molecule has 0 saturated heterocycles. The molecule has 1 aromatic rings. The Morgan fingerprint density at radius 1 is 1.11 bits per heavy atom. The maximum atomic E-state index is 3.73. The molecule has 0 aliphatic heterocycles. The van der Waals surface area contributed by atoms with Gasteiger partial charge < -0.3 is 5.32 Å². The topological polar surface area (TPSA) is 12.0 Å². The Kier molecular flexibility index (Phi) is 2.51. The quantitative estimate of drug-likeness (QED) is 0.834. The fourth-order valence-corrected chi connectivity index (χ4v) is 3.41. The summed E-state index contributed by atoms with van der Waals surface area (Å²) in [6.07, 6.45) is 11.0. The first-order valence-corrected chi connectivity index (χ1v) is 7.67. The molecule has 0 heterocycles. The van der Waals surface area contributed by atoms with Crippen molar-refractivity contribution in [2.75, 3.05) is 6.54 Å². The monoisotopic (exact) mass is 241 g/mol. The third-order valence-corrected chi connectivity index (χ3v) is 5.04. The lowest BCUT2D eigenvalue weighted by Gasteiger charge is -2.16. The number of benzene rings is 1. The molecule has 2 fully saturated rings. The van der Waals surface area contributed by atoms with Crippen molar-refractivity contribution in [1.82, 2.24) is 5.32 Å². The SMILES string of the molecule is c1cc2c(cc1CC1(CNC3CC3)CC1)CCC2. The van der Waals surface area contributed by atoms with Crippen LogP contribution in [-0.2, 0) is 19.3 Å². The zero-order chi connectivity index (χ0) is 12.0. The molecule has 0 spiro atoms. The summed E-state index contributed by atoms with van der Waals surface area (Å²) in [6, 6.07) is 8.14. The third-order valence-electron chi connectivity index (χ3n) is 5.04. The summed E-state index contributed by atoms with van der Waals surface area (Å²) in [5, 5.41) is 3.73. The number of rotatable bonds is 5. The first-order chi connectivity index (χ1) is 8.83. The maximum Gasteiger partial charge on any atom is 0.00684 e. The summed E-state index contributed by atoms with van der Waals surface area (Å²) in [5.74, 6) is 0. The van der Waals surface area contributed by atoms with Crippen LogP contribution in [-0.4, -0.2) is 12.6 Å². The summed E-state index contributed by atoms with van der Waals surface area (Å²) >= 11 is 0. The molecule has 3 aliphatic rings. The Balaban J connectivity index is 1.43. The van der Waals surface area contributed by atoms with Crippen LogP contribution in [0.3, 0.4) is 0 Å². The van der Waals surface area contributed by atoms with Crippen molar-refractivity contribution in [1.29, 1.82) is 0 Å². The maximum absolute atomic E-state index is 3.73. The lowest BCUT2D eigenvalue weighted by atomic mass is 9.94. The van der Waals surface area contributed by atoms with Crippen LogP contribution >= 0.6 is 0 Å². The summed E-state index contributed by atoms with van der Waals surface area (Å²) in [5.41, 5.74) is 5.46. The lowest BCUT2D eigenvalue weighted by Crippen LogP contribution is -2.27.